The Balaban J connectivity index is 1.45. The van der Waals surface area contributed by atoms with Crippen molar-refractivity contribution in [2.45, 2.75) is 55.8 Å². The summed E-state index contributed by atoms with van der Waals surface area (Å²) in [5.74, 6) is -1.25. The van der Waals surface area contributed by atoms with Gasteiger partial charge in [-0.15, -0.1) is 0 Å². The van der Waals surface area contributed by atoms with E-state index < -0.39 is 32.9 Å². The standard InChI is InChI=1S/C27H32N4O6S/c1-2-22(25(33)27-30-26(31-37-27)20-11-7-4-8-12-20)29-23(32)17-24(28-21-13-15-36-16-14-21)38(34,35)18-19-9-5-3-6-10-19/h3-12,21-22,24,28H,2,13-18H2,1H3,(H,29,32)/t22?,24-/m1/s1. The van der Waals surface area contributed by atoms with Gasteiger partial charge in [0, 0.05) is 24.8 Å². The maximum Gasteiger partial charge on any atom is 0.296 e. The van der Waals surface area contributed by atoms with E-state index in [0.29, 0.717) is 37.2 Å². The van der Waals surface area contributed by atoms with Crippen LogP contribution >= 0.6 is 0 Å². The van der Waals surface area contributed by atoms with Crippen LogP contribution in [0, 0.1) is 0 Å². The van der Waals surface area contributed by atoms with Crippen LogP contribution in [0.3, 0.4) is 0 Å². The second-order valence-corrected chi connectivity index (χ2v) is 11.4. The lowest BCUT2D eigenvalue weighted by Crippen LogP contribution is -2.49. The highest BCUT2D eigenvalue weighted by molar-refractivity contribution is 7.91. The zero-order chi connectivity index (χ0) is 27.0. The van der Waals surface area contributed by atoms with Crippen LogP contribution in [0.2, 0.25) is 0 Å². The third-order valence-corrected chi connectivity index (χ3v) is 8.29. The van der Waals surface area contributed by atoms with Gasteiger partial charge in [-0.2, -0.15) is 4.98 Å². The average Bonchev–Trinajstić information content (AvgIpc) is 3.43. The number of ketones is 1. The molecular weight excluding hydrogens is 508 g/mol. The van der Waals surface area contributed by atoms with Crippen molar-refractivity contribution >= 4 is 21.5 Å². The topological polar surface area (TPSA) is 140 Å². The van der Waals surface area contributed by atoms with Gasteiger partial charge in [0.25, 0.3) is 5.89 Å². The molecule has 10 nitrogen and oxygen atoms in total. The van der Waals surface area contributed by atoms with E-state index in [4.69, 9.17) is 9.26 Å². The van der Waals surface area contributed by atoms with E-state index in [0.717, 1.165) is 0 Å². The molecule has 1 saturated heterocycles. The number of rotatable bonds is 12. The minimum atomic E-state index is -3.75. The lowest BCUT2D eigenvalue weighted by Gasteiger charge is -2.28. The normalized spacial score (nSPS) is 16.0. The third-order valence-electron chi connectivity index (χ3n) is 6.39. The Morgan fingerprint density at radius 1 is 1.03 bits per heavy atom. The first-order chi connectivity index (χ1) is 18.4. The molecule has 0 radical (unpaired) electrons. The Labute approximate surface area is 222 Å². The van der Waals surface area contributed by atoms with Crippen LogP contribution in [0.15, 0.2) is 65.2 Å². The summed E-state index contributed by atoms with van der Waals surface area (Å²) in [5, 5.41) is 8.59. The maximum absolute atomic E-state index is 13.4. The summed E-state index contributed by atoms with van der Waals surface area (Å²) in [5.41, 5.74) is 1.33. The molecule has 1 amide bonds. The first-order valence-electron chi connectivity index (χ1n) is 12.7. The Morgan fingerprint density at radius 2 is 1.68 bits per heavy atom. The molecule has 202 valence electrons. The van der Waals surface area contributed by atoms with E-state index >= 15 is 0 Å². The number of hydrogen-bond donors (Lipinski definition) is 2. The SMILES string of the molecule is CCC(NC(=O)C[C@H](NC1CCOCC1)S(=O)(=O)Cc1ccccc1)C(=O)c1nc(-c2ccccc2)no1. The molecule has 2 N–H and O–H groups in total. The van der Waals surface area contributed by atoms with Crippen molar-refractivity contribution in [1.29, 1.82) is 0 Å². The number of hydrogen-bond acceptors (Lipinski definition) is 9. The van der Waals surface area contributed by atoms with Gasteiger partial charge in [0.15, 0.2) is 9.84 Å². The number of nitrogens with one attached hydrogen (secondary N) is 2. The molecule has 4 rings (SSSR count). The molecule has 0 saturated carbocycles. The van der Waals surface area contributed by atoms with Crippen LogP contribution < -0.4 is 10.6 Å². The Bertz CT molecular complexity index is 1310. The van der Waals surface area contributed by atoms with Crippen LogP contribution in [0.25, 0.3) is 11.4 Å². The van der Waals surface area contributed by atoms with Gasteiger partial charge in [-0.05, 0) is 24.8 Å². The molecule has 2 atom stereocenters. The summed E-state index contributed by atoms with van der Waals surface area (Å²) in [6, 6.07) is 16.9. The van der Waals surface area contributed by atoms with Gasteiger partial charge >= 0.3 is 0 Å². The molecule has 11 heteroatoms. The molecule has 0 aliphatic carbocycles. The van der Waals surface area contributed by atoms with Crippen molar-refractivity contribution < 1.29 is 27.3 Å². The van der Waals surface area contributed by atoms with Crippen molar-refractivity contribution in [3.05, 3.63) is 72.1 Å². The Hall–Kier alpha value is -3.41. The molecule has 1 aromatic heterocycles. The highest BCUT2D eigenvalue weighted by Crippen LogP contribution is 2.18. The molecule has 1 aliphatic heterocycles. The number of benzene rings is 2. The first-order valence-corrected chi connectivity index (χ1v) is 14.4. The van der Waals surface area contributed by atoms with E-state index in [1.165, 1.54) is 0 Å². The van der Waals surface area contributed by atoms with Gasteiger partial charge in [0.2, 0.25) is 17.5 Å². The third kappa shape index (κ3) is 7.33. The van der Waals surface area contributed by atoms with Crippen molar-refractivity contribution in [3.63, 3.8) is 0 Å². The molecular formula is C27H32N4O6S. The molecule has 1 aliphatic rings. The van der Waals surface area contributed by atoms with E-state index in [1.807, 2.05) is 24.3 Å². The predicted octanol–water partition coefficient (Wildman–Crippen LogP) is 2.91. The Kier molecular flexibility index (Phi) is 9.38. The summed E-state index contributed by atoms with van der Waals surface area (Å²) >= 11 is 0. The maximum atomic E-state index is 13.4. The van der Waals surface area contributed by atoms with Gasteiger partial charge in [0.05, 0.1) is 18.2 Å². The molecule has 0 spiro atoms. The highest BCUT2D eigenvalue weighted by atomic mass is 32.2. The van der Waals surface area contributed by atoms with Crippen molar-refractivity contribution in [1.82, 2.24) is 20.8 Å². The number of Topliss-reactive ketones (excluding diaryl/α,β-unsaturated/α-hetero) is 1. The molecule has 1 fully saturated rings. The predicted molar refractivity (Wildman–Crippen MR) is 141 cm³/mol. The molecule has 2 aromatic carbocycles. The summed E-state index contributed by atoms with van der Waals surface area (Å²) in [4.78, 5) is 30.3. The van der Waals surface area contributed by atoms with Crippen LogP contribution in [0.4, 0.5) is 0 Å². The van der Waals surface area contributed by atoms with Crippen LogP contribution in [0.5, 0.6) is 0 Å². The molecule has 38 heavy (non-hydrogen) atoms. The van der Waals surface area contributed by atoms with Crippen LogP contribution in [-0.4, -0.2) is 60.9 Å². The minimum absolute atomic E-state index is 0.0921. The number of sulfone groups is 1. The molecule has 0 bridgehead atoms. The lowest BCUT2D eigenvalue weighted by molar-refractivity contribution is -0.121. The summed E-state index contributed by atoms with van der Waals surface area (Å²) < 4.78 is 37.3. The summed E-state index contributed by atoms with van der Waals surface area (Å²) in [6.45, 7) is 2.79. The number of carbonyl (C=O) groups is 2. The Morgan fingerprint density at radius 3 is 2.34 bits per heavy atom. The second-order valence-electron chi connectivity index (χ2n) is 9.22. The van der Waals surface area contributed by atoms with Crippen LogP contribution in [0.1, 0.15) is 48.9 Å². The zero-order valence-corrected chi connectivity index (χ0v) is 22.0. The van der Waals surface area contributed by atoms with Crippen LogP contribution in [-0.2, 0) is 25.1 Å². The number of carbonyl (C=O) groups excluding carboxylic acids is 2. The monoisotopic (exact) mass is 540 g/mol. The van der Waals surface area contributed by atoms with Gasteiger partial charge in [-0.1, -0.05) is 72.7 Å². The fourth-order valence-corrected chi connectivity index (χ4v) is 5.94. The van der Waals surface area contributed by atoms with E-state index in [2.05, 4.69) is 20.8 Å². The number of aromatic nitrogens is 2. The largest absolute Gasteiger partial charge is 0.381 e. The minimum Gasteiger partial charge on any atom is -0.381 e. The number of amides is 1. The number of ether oxygens (including phenoxy) is 1. The van der Waals surface area contributed by atoms with E-state index in [1.54, 1.807) is 43.3 Å². The van der Waals surface area contributed by atoms with E-state index in [-0.39, 0.29) is 36.4 Å². The van der Waals surface area contributed by atoms with E-state index in [9.17, 15) is 18.0 Å². The molecule has 2 heterocycles. The molecule has 3 aromatic rings. The number of nitrogens with zero attached hydrogens (tertiary/aromatic N) is 2. The van der Waals surface area contributed by atoms with Crippen molar-refractivity contribution in [2.75, 3.05) is 13.2 Å². The van der Waals surface area contributed by atoms with Crippen molar-refractivity contribution in [2.24, 2.45) is 0 Å². The van der Waals surface area contributed by atoms with Gasteiger partial charge in [0.1, 0.15) is 5.37 Å². The van der Waals surface area contributed by atoms with Crippen molar-refractivity contribution in [3.8, 4) is 11.4 Å². The average molecular weight is 541 g/mol. The quantitative estimate of drug-likeness (QED) is 0.332. The van der Waals surface area contributed by atoms with Gasteiger partial charge in [-0.25, -0.2) is 8.42 Å². The summed E-state index contributed by atoms with van der Waals surface area (Å²) in [6.07, 6.45) is 1.23. The molecule has 1 unspecified atom stereocenters. The summed E-state index contributed by atoms with van der Waals surface area (Å²) in [7, 11) is -3.75. The fourth-order valence-electron chi connectivity index (χ4n) is 4.28. The first kappa shape index (κ1) is 27.6. The van der Waals surface area contributed by atoms with Gasteiger partial charge in [-0.3, -0.25) is 14.9 Å². The lowest BCUT2D eigenvalue weighted by atomic mass is 10.1. The fraction of sp³-hybridized carbons (Fsp3) is 0.407. The second kappa shape index (κ2) is 12.9. The van der Waals surface area contributed by atoms with Gasteiger partial charge < -0.3 is 14.6 Å². The smallest absolute Gasteiger partial charge is 0.296 e. The highest BCUT2D eigenvalue weighted by Gasteiger charge is 2.33. The zero-order valence-electron chi connectivity index (χ0n) is 21.2.